The Hall–Kier alpha value is -3.24. The molecule has 0 aliphatic heterocycles. The Morgan fingerprint density at radius 1 is 1.23 bits per heavy atom. The number of nitrogens with one attached hydrogen (secondary N) is 1. The van der Waals surface area contributed by atoms with Crippen LogP contribution in [0.15, 0.2) is 30.0 Å². The Bertz CT molecular complexity index is 1230. The molecule has 0 radical (unpaired) electrons. The van der Waals surface area contributed by atoms with Crippen LogP contribution in [0.1, 0.15) is 23.4 Å². The standard InChI is InChI=1S/C21H23N7O2S/c1-13-10-27(12-22-13)18-7-6-16(23-20(18)30-2)17-11-31-21(24-17)25-19-14-4-3-5-15(14)26-28(19)8-9-29/h6-7,10-12,29H,3-5,8-9H2,1-2H3,(H,24,25). The molecule has 5 rings (SSSR count). The highest BCUT2D eigenvalue weighted by Gasteiger charge is 2.23. The summed E-state index contributed by atoms with van der Waals surface area (Å²) in [6.45, 7) is 2.45. The van der Waals surface area contributed by atoms with E-state index in [0.29, 0.717) is 12.4 Å². The van der Waals surface area contributed by atoms with E-state index >= 15 is 0 Å². The number of aliphatic hydroxyl groups is 1. The Morgan fingerprint density at radius 3 is 2.90 bits per heavy atom. The summed E-state index contributed by atoms with van der Waals surface area (Å²) in [6, 6.07) is 3.89. The van der Waals surface area contributed by atoms with Gasteiger partial charge in [-0.25, -0.2) is 19.6 Å². The fourth-order valence-electron chi connectivity index (χ4n) is 3.87. The molecule has 1 aliphatic carbocycles. The number of hydrogen-bond donors (Lipinski definition) is 2. The molecule has 0 aromatic carbocycles. The summed E-state index contributed by atoms with van der Waals surface area (Å²) in [6.07, 6.45) is 6.76. The third kappa shape index (κ3) is 3.68. The van der Waals surface area contributed by atoms with Crippen molar-refractivity contribution in [2.75, 3.05) is 19.0 Å². The fraction of sp³-hybridized carbons (Fsp3) is 0.333. The Labute approximate surface area is 183 Å². The van der Waals surface area contributed by atoms with E-state index in [-0.39, 0.29) is 6.61 Å². The van der Waals surface area contributed by atoms with Gasteiger partial charge in [-0.05, 0) is 38.3 Å². The summed E-state index contributed by atoms with van der Waals surface area (Å²) in [5, 5.41) is 20.2. The van der Waals surface area contributed by atoms with E-state index in [4.69, 9.17) is 9.72 Å². The molecule has 0 saturated carbocycles. The molecule has 4 heterocycles. The van der Waals surface area contributed by atoms with E-state index in [1.165, 1.54) is 16.9 Å². The van der Waals surface area contributed by atoms with Gasteiger partial charge in [0.05, 0.1) is 43.7 Å². The molecular weight excluding hydrogens is 414 g/mol. The summed E-state index contributed by atoms with van der Waals surface area (Å²) in [5.41, 5.74) is 5.59. The summed E-state index contributed by atoms with van der Waals surface area (Å²) in [5.74, 6) is 1.44. The quantitative estimate of drug-likeness (QED) is 0.458. The number of aryl methyl sites for hydroxylation is 2. The Balaban J connectivity index is 1.43. The van der Waals surface area contributed by atoms with Crippen LogP contribution in [-0.2, 0) is 19.4 Å². The van der Waals surface area contributed by atoms with E-state index in [1.807, 2.05) is 39.9 Å². The molecular formula is C21H23N7O2S. The van der Waals surface area contributed by atoms with Crippen molar-refractivity contribution in [1.82, 2.24) is 29.3 Å². The Kier molecular flexibility index (Phi) is 5.16. The first kappa shape index (κ1) is 19.7. The van der Waals surface area contributed by atoms with Crippen LogP contribution < -0.4 is 10.1 Å². The second-order valence-corrected chi connectivity index (χ2v) is 8.24. The topological polar surface area (TPSA) is 103 Å². The monoisotopic (exact) mass is 437 g/mol. The van der Waals surface area contributed by atoms with Gasteiger partial charge in [0.25, 0.3) is 0 Å². The van der Waals surface area contributed by atoms with Crippen molar-refractivity contribution in [3.63, 3.8) is 0 Å². The predicted octanol–water partition coefficient (Wildman–Crippen LogP) is 3.13. The molecule has 9 nitrogen and oxygen atoms in total. The first-order valence-electron chi connectivity index (χ1n) is 10.1. The number of ether oxygens (including phenoxy) is 1. The van der Waals surface area contributed by atoms with Crippen molar-refractivity contribution in [3.8, 4) is 23.0 Å². The third-order valence-electron chi connectivity index (χ3n) is 5.30. The van der Waals surface area contributed by atoms with Crippen LogP contribution in [0, 0.1) is 6.92 Å². The first-order valence-corrected chi connectivity index (χ1v) is 11.0. The maximum Gasteiger partial charge on any atom is 0.238 e. The maximum atomic E-state index is 9.38. The zero-order valence-corrected chi connectivity index (χ0v) is 18.2. The second-order valence-electron chi connectivity index (χ2n) is 7.38. The lowest BCUT2D eigenvalue weighted by molar-refractivity contribution is 0.270. The summed E-state index contributed by atoms with van der Waals surface area (Å²) in [4.78, 5) is 13.7. The van der Waals surface area contributed by atoms with Gasteiger partial charge in [-0.3, -0.25) is 0 Å². The average molecular weight is 438 g/mol. The van der Waals surface area contributed by atoms with Gasteiger partial charge in [-0.15, -0.1) is 11.3 Å². The van der Waals surface area contributed by atoms with Crippen LogP contribution in [0.25, 0.3) is 17.1 Å². The maximum absolute atomic E-state index is 9.38. The second kappa shape index (κ2) is 8.12. The molecule has 0 unspecified atom stereocenters. The van der Waals surface area contributed by atoms with Gasteiger partial charge in [0.15, 0.2) is 5.13 Å². The molecule has 4 aromatic heterocycles. The minimum atomic E-state index is 0.0465. The number of aromatic nitrogens is 6. The lowest BCUT2D eigenvalue weighted by Crippen LogP contribution is -2.09. The smallest absolute Gasteiger partial charge is 0.238 e. The minimum absolute atomic E-state index is 0.0465. The number of imidazole rings is 1. The number of anilines is 2. The molecule has 0 atom stereocenters. The molecule has 4 aromatic rings. The van der Waals surface area contributed by atoms with Gasteiger partial charge in [0.2, 0.25) is 5.88 Å². The van der Waals surface area contributed by atoms with Crippen LogP contribution in [0.4, 0.5) is 10.9 Å². The van der Waals surface area contributed by atoms with Crippen LogP contribution >= 0.6 is 11.3 Å². The highest BCUT2D eigenvalue weighted by Crippen LogP contribution is 2.33. The number of hydrogen-bond acceptors (Lipinski definition) is 8. The van der Waals surface area contributed by atoms with E-state index in [2.05, 4.69) is 20.4 Å². The van der Waals surface area contributed by atoms with Crippen molar-refractivity contribution < 1.29 is 9.84 Å². The zero-order valence-electron chi connectivity index (χ0n) is 17.4. The predicted molar refractivity (Wildman–Crippen MR) is 118 cm³/mol. The summed E-state index contributed by atoms with van der Waals surface area (Å²) in [7, 11) is 1.61. The highest BCUT2D eigenvalue weighted by atomic mass is 32.1. The average Bonchev–Trinajstić information content (AvgIpc) is 3.55. The molecule has 0 saturated heterocycles. The first-order chi connectivity index (χ1) is 15.2. The molecule has 10 heteroatoms. The zero-order chi connectivity index (χ0) is 21.4. The van der Waals surface area contributed by atoms with E-state index in [1.54, 1.807) is 13.4 Å². The van der Waals surface area contributed by atoms with Gasteiger partial charge in [-0.1, -0.05) is 0 Å². The van der Waals surface area contributed by atoms with Crippen molar-refractivity contribution in [2.24, 2.45) is 0 Å². The van der Waals surface area contributed by atoms with E-state index in [9.17, 15) is 5.11 Å². The molecule has 0 fully saturated rings. The van der Waals surface area contributed by atoms with Crippen molar-refractivity contribution in [3.05, 3.63) is 47.0 Å². The lowest BCUT2D eigenvalue weighted by atomic mass is 10.2. The van der Waals surface area contributed by atoms with Crippen molar-refractivity contribution >= 4 is 22.3 Å². The van der Waals surface area contributed by atoms with Crippen molar-refractivity contribution in [2.45, 2.75) is 32.7 Å². The van der Waals surface area contributed by atoms with Crippen LogP contribution in [-0.4, -0.2) is 48.1 Å². The van der Waals surface area contributed by atoms with Gasteiger partial charge in [0.1, 0.15) is 17.2 Å². The number of fused-ring (bicyclic) bond motifs is 1. The SMILES string of the molecule is COc1nc(-c2csc(Nc3c4c(nn3CCO)CCC4)n2)ccc1-n1cnc(C)c1. The number of rotatable bonds is 7. The fourth-order valence-corrected chi connectivity index (χ4v) is 4.57. The van der Waals surface area contributed by atoms with Crippen LogP contribution in [0.5, 0.6) is 5.88 Å². The molecule has 31 heavy (non-hydrogen) atoms. The molecule has 0 amide bonds. The molecule has 2 N–H and O–H groups in total. The van der Waals surface area contributed by atoms with Gasteiger partial charge >= 0.3 is 0 Å². The van der Waals surface area contributed by atoms with Gasteiger partial charge in [0, 0.05) is 17.1 Å². The molecule has 1 aliphatic rings. The highest BCUT2D eigenvalue weighted by molar-refractivity contribution is 7.14. The molecule has 0 bridgehead atoms. The normalized spacial score (nSPS) is 12.9. The van der Waals surface area contributed by atoms with E-state index < -0.39 is 0 Å². The van der Waals surface area contributed by atoms with Gasteiger partial charge in [-0.2, -0.15) is 5.10 Å². The van der Waals surface area contributed by atoms with Crippen molar-refractivity contribution in [1.29, 1.82) is 0 Å². The minimum Gasteiger partial charge on any atom is -0.479 e. The molecule has 0 spiro atoms. The van der Waals surface area contributed by atoms with E-state index in [0.717, 1.165) is 58.7 Å². The number of methoxy groups -OCH3 is 1. The number of pyridine rings is 1. The number of thiazole rings is 1. The third-order valence-corrected chi connectivity index (χ3v) is 6.06. The summed E-state index contributed by atoms with van der Waals surface area (Å²) < 4.78 is 9.25. The summed E-state index contributed by atoms with van der Waals surface area (Å²) >= 11 is 1.51. The number of nitrogens with zero attached hydrogens (tertiary/aromatic N) is 6. The van der Waals surface area contributed by atoms with Gasteiger partial charge < -0.3 is 19.7 Å². The van der Waals surface area contributed by atoms with Crippen LogP contribution in [0.3, 0.4) is 0 Å². The number of aliphatic hydroxyl groups excluding tert-OH is 1. The lowest BCUT2D eigenvalue weighted by Gasteiger charge is -2.09. The Morgan fingerprint density at radius 2 is 2.13 bits per heavy atom. The van der Waals surface area contributed by atoms with Crippen LogP contribution in [0.2, 0.25) is 0 Å². The molecule has 160 valence electrons. The largest absolute Gasteiger partial charge is 0.479 e.